The molecule has 1 aliphatic rings. The van der Waals surface area contributed by atoms with Gasteiger partial charge in [0.15, 0.2) is 6.29 Å². The highest BCUT2D eigenvalue weighted by atomic mass is 16.7. The summed E-state index contributed by atoms with van der Waals surface area (Å²) in [6, 6.07) is -1.07. The van der Waals surface area contributed by atoms with E-state index in [1.165, 1.54) is 96.3 Å². The molecule has 0 aliphatic carbocycles. The van der Waals surface area contributed by atoms with Crippen molar-refractivity contribution in [1.29, 1.82) is 0 Å². The summed E-state index contributed by atoms with van der Waals surface area (Å²) >= 11 is 0. The first-order valence-corrected chi connectivity index (χ1v) is 23.0. The number of ether oxygens (including phenoxy) is 2. The van der Waals surface area contributed by atoms with Crippen LogP contribution in [0, 0.1) is 0 Å². The second-order valence-corrected chi connectivity index (χ2v) is 16.2. The summed E-state index contributed by atoms with van der Waals surface area (Å²) in [4.78, 5) is 38.9. The molecule has 0 aromatic rings. The predicted molar refractivity (Wildman–Crippen MR) is 223 cm³/mol. The molecule has 0 saturated carbocycles. The van der Waals surface area contributed by atoms with Crippen LogP contribution in [0.5, 0.6) is 0 Å². The van der Waals surface area contributed by atoms with Crippen molar-refractivity contribution >= 4 is 17.7 Å². The number of rotatable bonds is 37. The van der Waals surface area contributed by atoms with Crippen LogP contribution in [0.2, 0.25) is 0 Å². The van der Waals surface area contributed by atoms with Gasteiger partial charge in [-0.15, -0.1) is 0 Å². The number of amides is 3. The zero-order valence-corrected chi connectivity index (χ0v) is 35.8. The Balaban J connectivity index is 2.65. The molecule has 7 atom stereocenters. The molecular formula is C44H85N3O9. The highest BCUT2D eigenvalue weighted by molar-refractivity contribution is 5.87. The highest BCUT2D eigenvalue weighted by Gasteiger charge is 2.45. The third-order valence-electron chi connectivity index (χ3n) is 10.9. The summed E-state index contributed by atoms with van der Waals surface area (Å²) < 4.78 is 11.6. The maximum Gasteiger partial charge on any atom is 0.248 e. The summed E-state index contributed by atoms with van der Waals surface area (Å²) in [7, 11) is 0. The molecule has 1 unspecified atom stereocenters. The number of unbranched alkanes of at least 4 members (excludes halogenated alkanes) is 23. The molecule has 12 nitrogen and oxygen atoms in total. The lowest BCUT2D eigenvalue weighted by Crippen LogP contribution is -2.61. The standard InChI is InChI=1S/C44H85N3O9/c1-4-7-10-13-16-19-22-25-28-31-38(49)47-35(42(53)45-32-29-26-23-20-17-14-11-8-5-2)34-55-44-41(52)40(51)39(50)37(56-44)33-46-43(54)36(48)30-27-24-21-18-15-12-9-6-3/h35-37,39-41,44,48,50-52H,4-34H2,1-3H3,(H,45,53)(H,46,54)(H,47,49)/t35-,36?,37+,39-,40-,41+,44-/m0/s1. The zero-order chi connectivity index (χ0) is 41.2. The average molecular weight is 800 g/mol. The van der Waals surface area contributed by atoms with Gasteiger partial charge in [0, 0.05) is 19.5 Å². The first-order chi connectivity index (χ1) is 27.2. The molecule has 1 saturated heterocycles. The largest absolute Gasteiger partial charge is 0.388 e. The number of nitrogens with one attached hydrogen (secondary N) is 3. The lowest BCUT2D eigenvalue weighted by atomic mass is 9.98. The van der Waals surface area contributed by atoms with E-state index < -0.39 is 54.7 Å². The van der Waals surface area contributed by atoms with Crippen molar-refractivity contribution < 1.29 is 44.3 Å². The summed E-state index contributed by atoms with van der Waals surface area (Å²) in [5.74, 6) is -1.29. The van der Waals surface area contributed by atoms with Crippen molar-refractivity contribution in [3.63, 3.8) is 0 Å². The second kappa shape index (κ2) is 35.1. The van der Waals surface area contributed by atoms with Crippen LogP contribution in [-0.2, 0) is 23.9 Å². The molecule has 0 bridgehead atoms. The van der Waals surface area contributed by atoms with Crippen LogP contribution in [0.3, 0.4) is 0 Å². The molecule has 1 aliphatic heterocycles. The van der Waals surface area contributed by atoms with Crippen LogP contribution >= 0.6 is 0 Å². The molecule has 3 amide bonds. The molecule has 1 fully saturated rings. The van der Waals surface area contributed by atoms with E-state index in [1.807, 2.05) is 0 Å². The molecule has 12 heteroatoms. The van der Waals surface area contributed by atoms with Crippen molar-refractivity contribution in [2.24, 2.45) is 0 Å². The fraction of sp³-hybridized carbons (Fsp3) is 0.932. The van der Waals surface area contributed by atoms with Crippen LogP contribution in [-0.4, -0.2) is 101 Å². The van der Waals surface area contributed by atoms with E-state index >= 15 is 0 Å². The minimum Gasteiger partial charge on any atom is -0.388 e. The van der Waals surface area contributed by atoms with Gasteiger partial charge in [-0.25, -0.2) is 0 Å². The molecular weight excluding hydrogens is 714 g/mol. The van der Waals surface area contributed by atoms with Gasteiger partial charge in [-0.3, -0.25) is 14.4 Å². The lowest BCUT2D eigenvalue weighted by Gasteiger charge is -2.40. The van der Waals surface area contributed by atoms with Gasteiger partial charge in [-0.1, -0.05) is 175 Å². The third kappa shape index (κ3) is 25.5. The molecule has 0 aromatic carbocycles. The van der Waals surface area contributed by atoms with Gasteiger partial charge in [-0.2, -0.15) is 0 Å². The van der Waals surface area contributed by atoms with Crippen molar-refractivity contribution in [3.8, 4) is 0 Å². The van der Waals surface area contributed by atoms with Gasteiger partial charge in [0.1, 0.15) is 36.6 Å². The first kappa shape index (κ1) is 52.2. The van der Waals surface area contributed by atoms with Crippen LogP contribution in [0.25, 0.3) is 0 Å². The Hall–Kier alpha value is -1.83. The van der Waals surface area contributed by atoms with Gasteiger partial charge >= 0.3 is 0 Å². The Kier molecular flexibility index (Phi) is 32.8. The van der Waals surface area contributed by atoms with Crippen LogP contribution in [0.15, 0.2) is 0 Å². The van der Waals surface area contributed by atoms with Gasteiger partial charge in [-0.05, 0) is 19.3 Å². The summed E-state index contributed by atoms with van der Waals surface area (Å²) in [5, 5.41) is 50.6. The normalized spacial score (nSPS) is 20.7. The van der Waals surface area contributed by atoms with Gasteiger partial charge in [0.05, 0.1) is 6.61 Å². The molecule has 0 aromatic heterocycles. The van der Waals surface area contributed by atoms with E-state index in [-0.39, 0.29) is 25.5 Å². The molecule has 0 spiro atoms. The monoisotopic (exact) mass is 800 g/mol. The maximum atomic E-state index is 13.3. The Labute approximate surface area is 340 Å². The minimum atomic E-state index is -1.65. The van der Waals surface area contributed by atoms with Crippen molar-refractivity contribution in [1.82, 2.24) is 16.0 Å². The fourth-order valence-electron chi connectivity index (χ4n) is 7.15. The predicted octanol–water partition coefficient (Wildman–Crippen LogP) is 6.87. The smallest absolute Gasteiger partial charge is 0.248 e. The van der Waals surface area contributed by atoms with Crippen molar-refractivity contribution in [2.75, 3.05) is 19.7 Å². The molecule has 1 heterocycles. The van der Waals surface area contributed by atoms with E-state index in [0.717, 1.165) is 64.2 Å². The zero-order valence-electron chi connectivity index (χ0n) is 35.8. The Bertz CT molecular complexity index is 974. The average Bonchev–Trinajstić information content (AvgIpc) is 3.19. The first-order valence-electron chi connectivity index (χ1n) is 23.0. The van der Waals surface area contributed by atoms with Crippen LogP contribution in [0.4, 0.5) is 0 Å². The molecule has 1 rings (SSSR count). The Morgan fingerprint density at radius 1 is 0.571 bits per heavy atom. The third-order valence-corrected chi connectivity index (χ3v) is 10.9. The van der Waals surface area contributed by atoms with Crippen LogP contribution in [0.1, 0.15) is 201 Å². The quantitative estimate of drug-likeness (QED) is 0.0329. The summed E-state index contributed by atoms with van der Waals surface area (Å²) in [6.07, 6.45) is 21.2. The summed E-state index contributed by atoms with van der Waals surface area (Å²) in [5.41, 5.74) is 0. The number of carbonyl (C=O) groups excluding carboxylic acids is 3. The molecule has 7 N–H and O–H groups in total. The number of aliphatic hydroxyl groups excluding tert-OH is 4. The van der Waals surface area contributed by atoms with Gasteiger partial charge in [0.2, 0.25) is 17.7 Å². The van der Waals surface area contributed by atoms with E-state index in [1.54, 1.807) is 0 Å². The molecule has 330 valence electrons. The van der Waals surface area contributed by atoms with Gasteiger partial charge < -0.3 is 45.9 Å². The van der Waals surface area contributed by atoms with Crippen molar-refractivity contribution in [3.05, 3.63) is 0 Å². The number of carbonyl (C=O) groups is 3. The Morgan fingerprint density at radius 3 is 1.55 bits per heavy atom. The van der Waals surface area contributed by atoms with E-state index in [0.29, 0.717) is 19.4 Å². The molecule has 0 radical (unpaired) electrons. The maximum absolute atomic E-state index is 13.3. The molecule has 56 heavy (non-hydrogen) atoms. The fourth-order valence-corrected chi connectivity index (χ4v) is 7.15. The minimum absolute atomic E-state index is 0.240. The van der Waals surface area contributed by atoms with E-state index in [4.69, 9.17) is 9.47 Å². The lowest BCUT2D eigenvalue weighted by molar-refractivity contribution is -0.295. The number of hydrogen-bond acceptors (Lipinski definition) is 9. The van der Waals surface area contributed by atoms with E-state index in [9.17, 15) is 34.8 Å². The highest BCUT2D eigenvalue weighted by Crippen LogP contribution is 2.22. The van der Waals surface area contributed by atoms with E-state index in [2.05, 4.69) is 36.7 Å². The topological polar surface area (TPSA) is 187 Å². The second-order valence-electron chi connectivity index (χ2n) is 16.2. The van der Waals surface area contributed by atoms with Gasteiger partial charge in [0.25, 0.3) is 0 Å². The van der Waals surface area contributed by atoms with Crippen molar-refractivity contribution in [2.45, 2.75) is 243 Å². The van der Waals surface area contributed by atoms with Crippen LogP contribution < -0.4 is 16.0 Å². The summed E-state index contributed by atoms with van der Waals surface area (Å²) in [6.45, 7) is 6.48. The SMILES string of the molecule is CCCCCCCCCCCNC(=O)[C@H](CO[C@H]1O[C@H](CNC(=O)C(O)CCCCCCCCCC)[C@H](O)[C@H](O)[C@H]1O)NC(=O)CCCCCCCCCCC. The number of hydrogen-bond donors (Lipinski definition) is 7. The number of aliphatic hydroxyl groups is 4. The Morgan fingerprint density at radius 2 is 1.04 bits per heavy atom.